The van der Waals surface area contributed by atoms with Gasteiger partial charge in [0.15, 0.2) is 5.75 Å². The molecule has 0 aliphatic carbocycles. The van der Waals surface area contributed by atoms with Crippen LogP contribution in [0.25, 0.3) is 0 Å². The minimum Gasteiger partial charge on any atom is -0.466 e. The van der Waals surface area contributed by atoms with Crippen LogP contribution in [0, 0.1) is 10.1 Å². The number of ether oxygens (including phenoxy) is 2. The highest BCUT2D eigenvalue weighted by molar-refractivity contribution is 5.99. The Morgan fingerprint density at radius 1 is 1.23 bits per heavy atom. The van der Waals surface area contributed by atoms with Gasteiger partial charge in [0.2, 0.25) is 0 Å². The van der Waals surface area contributed by atoms with E-state index in [4.69, 9.17) is 4.84 Å². The van der Waals surface area contributed by atoms with Gasteiger partial charge in [-0.25, -0.2) is 9.59 Å². The largest absolute Gasteiger partial charge is 0.466 e. The van der Waals surface area contributed by atoms with E-state index in [2.05, 4.69) is 24.9 Å². The van der Waals surface area contributed by atoms with Gasteiger partial charge in [0.1, 0.15) is 5.70 Å². The second kappa shape index (κ2) is 10.3. The molecule has 0 fully saturated rings. The lowest BCUT2D eigenvalue weighted by Crippen LogP contribution is -2.15. The van der Waals surface area contributed by atoms with Gasteiger partial charge >= 0.3 is 11.9 Å². The molecular formula is C19H18N4O7. The predicted molar refractivity (Wildman–Crippen MR) is 106 cm³/mol. The predicted octanol–water partition coefficient (Wildman–Crippen LogP) is 2.43. The van der Waals surface area contributed by atoms with Crippen molar-refractivity contribution in [1.82, 2.24) is 4.98 Å². The Morgan fingerprint density at radius 2 is 2.00 bits per heavy atom. The lowest BCUT2D eigenvalue weighted by molar-refractivity contribution is -0.384. The maximum atomic E-state index is 11.9. The summed E-state index contributed by atoms with van der Waals surface area (Å²) in [6, 6.07) is 7.17. The van der Waals surface area contributed by atoms with Crippen molar-refractivity contribution in [3.63, 3.8) is 0 Å². The minimum absolute atomic E-state index is 0.0252. The monoisotopic (exact) mass is 414 g/mol. The molecule has 1 aromatic heterocycles. The van der Waals surface area contributed by atoms with Crippen molar-refractivity contribution >= 4 is 29.0 Å². The lowest BCUT2D eigenvalue weighted by Gasteiger charge is -2.10. The molecule has 0 saturated carbocycles. The quantitative estimate of drug-likeness (QED) is 0.226. The molecular weight excluding hydrogens is 396 g/mol. The fraction of sp³-hybridized carbons (Fsp3) is 0.158. The number of nitrogens with zero attached hydrogens (tertiary/aromatic N) is 3. The van der Waals surface area contributed by atoms with Crippen LogP contribution in [0.4, 0.5) is 11.4 Å². The van der Waals surface area contributed by atoms with E-state index in [0.717, 1.165) is 32.4 Å². The number of non-ortho nitro benzene ring substituents is 1. The first kappa shape index (κ1) is 22.0. The molecule has 11 nitrogen and oxygen atoms in total. The molecule has 11 heteroatoms. The number of oxime groups is 1. The molecule has 30 heavy (non-hydrogen) atoms. The van der Waals surface area contributed by atoms with Crippen LogP contribution in [0.1, 0.15) is 12.5 Å². The van der Waals surface area contributed by atoms with E-state index in [1.54, 1.807) is 31.5 Å². The summed E-state index contributed by atoms with van der Waals surface area (Å²) in [6.45, 7) is 1.68. The van der Waals surface area contributed by atoms with Crippen molar-refractivity contribution in [3.05, 3.63) is 70.2 Å². The van der Waals surface area contributed by atoms with Gasteiger partial charge in [-0.05, 0) is 19.1 Å². The van der Waals surface area contributed by atoms with Gasteiger partial charge in [0, 0.05) is 35.8 Å². The van der Waals surface area contributed by atoms with Gasteiger partial charge in [-0.3, -0.25) is 15.1 Å². The van der Waals surface area contributed by atoms with Crippen LogP contribution in [-0.2, 0) is 19.1 Å². The number of carbonyl (C=O) groups excluding carboxylic acids is 2. The first-order valence-electron chi connectivity index (χ1n) is 8.40. The fourth-order valence-electron chi connectivity index (χ4n) is 2.15. The molecule has 1 heterocycles. The molecule has 2 rings (SSSR count). The van der Waals surface area contributed by atoms with Crippen LogP contribution in [-0.4, -0.2) is 41.8 Å². The Kier molecular flexibility index (Phi) is 7.57. The maximum Gasteiger partial charge on any atom is 0.354 e. The summed E-state index contributed by atoms with van der Waals surface area (Å²) in [7, 11) is 2.25. The molecule has 0 aliphatic heterocycles. The van der Waals surface area contributed by atoms with Crippen LogP contribution >= 0.6 is 0 Å². The number of anilines is 1. The summed E-state index contributed by atoms with van der Waals surface area (Å²) in [4.78, 5) is 43.3. The fourth-order valence-corrected chi connectivity index (χ4v) is 2.15. The zero-order valence-electron chi connectivity index (χ0n) is 16.3. The van der Waals surface area contributed by atoms with Crippen LogP contribution in [0.3, 0.4) is 0 Å². The van der Waals surface area contributed by atoms with E-state index in [0.29, 0.717) is 11.3 Å². The number of aromatic nitrogens is 1. The lowest BCUT2D eigenvalue weighted by atomic mass is 10.2. The van der Waals surface area contributed by atoms with E-state index in [9.17, 15) is 19.7 Å². The van der Waals surface area contributed by atoms with E-state index in [-0.39, 0.29) is 22.8 Å². The molecule has 0 bridgehead atoms. The van der Waals surface area contributed by atoms with Crippen LogP contribution < -0.4 is 10.2 Å². The highest BCUT2D eigenvalue weighted by Crippen LogP contribution is 2.27. The van der Waals surface area contributed by atoms with Crippen molar-refractivity contribution < 1.29 is 28.8 Å². The molecule has 0 radical (unpaired) electrons. The minimum atomic E-state index is -0.875. The average molecular weight is 414 g/mol. The average Bonchev–Trinajstić information content (AvgIpc) is 2.76. The molecule has 0 unspecified atom stereocenters. The molecule has 0 amide bonds. The number of nitrogens with one attached hydrogen (secondary N) is 1. The third-order valence-corrected chi connectivity index (χ3v) is 3.62. The van der Waals surface area contributed by atoms with Gasteiger partial charge in [-0.1, -0.05) is 5.16 Å². The Morgan fingerprint density at radius 3 is 2.60 bits per heavy atom. The second-order valence-corrected chi connectivity index (χ2v) is 5.68. The van der Waals surface area contributed by atoms with Gasteiger partial charge in [-0.15, -0.1) is 0 Å². The smallest absolute Gasteiger partial charge is 0.354 e. The molecule has 0 aliphatic rings. The topological polar surface area (TPSA) is 142 Å². The van der Waals surface area contributed by atoms with E-state index >= 15 is 0 Å². The number of pyridine rings is 1. The summed E-state index contributed by atoms with van der Waals surface area (Å²) < 4.78 is 9.08. The first-order chi connectivity index (χ1) is 14.3. The van der Waals surface area contributed by atoms with E-state index in [1.807, 2.05) is 0 Å². The van der Waals surface area contributed by atoms with Crippen molar-refractivity contribution in [2.75, 3.05) is 19.5 Å². The summed E-state index contributed by atoms with van der Waals surface area (Å²) >= 11 is 0. The Labute approximate surface area is 171 Å². The Hall–Kier alpha value is -4.28. The van der Waals surface area contributed by atoms with Crippen LogP contribution in [0.5, 0.6) is 5.75 Å². The Bertz CT molecular complexity index is 1000. The number of rotatable bonds is 8. The summed E-state index contributed by atoms with van der Waals surface area (Å²) in [6.07, 6.45) is 4.05. The number of carbonyl (C=O) groups is 2. The molecule has 0 saturated heterocycles. The van der Waals surface area contributed by atoms with Crippen molar-refractivity contribution in [2.24, 2.45) is 5.16 Å². The third kappa shape index (κ3) is 6.12. The molecule has 0 spiro atoms. The number of hydrogen-bond acceptors (Lipinski definition) is 10. The molecule has 156 valence electrons. The summed E-state index contributed by atoms with van der Waals surface area (Å²) in [5.41, 5.74) is 0.673. The summed E-state index contributed by atoms with van der Waals surface area (Å²) in [5.74, 6) is -1.67. The summed E-state index contributed by atoms with van der Waals surface area (Å²) in [5, 5.41) is 17.8. The second-order valence-electron chi connectivity index (χ2n) is 5.68. The SMILES string of the molecule is COC(=O)/C=C(/Nc1cc(ON=C(C)c2cccnc2)cc([N+](=O)[O-])c1)C(=O)OC. The number of methoxy groups -OCH3 is 2. The van der Waals surface area contributed by atoms with Gasteiger partial charge in [0.05, 0.1) is 37.0 Å². The number of hydrogen-bond donors (Lipinski definition) is 1. The van der Waals surface area contributed by atoms with E-state index < -0.39 is 16.9 Å². The molecule has 2 aromatic rings. The Balaban J connectivity index is 2.35. The van der Waals surface area contributed by atoms with Gasteiger partial charge in [-0.2, -0.15) is 0 Å². The highest BCUT2D eigenvalue weighted by atomic mass is 16.6. The van der Waals surface area contributed by atoms with Crippen molar-refractivity contribution in [1.29, 1.82) is 0 Å². The van der Waals surface area contributed by atoms with Crippen LogP contribution in [0.15, 0.2) is 59.7 Å². The molecule has 1 N–H and O–H groups in total. The molecule has 0 atom stereocenters. The standard InChI is InChI=1S/C19H18N4O7/c1-12(13-5-4-6-20-11-13)22-30-16-8-14(7-15(9-16)23(26)27)21-17(19(25)29-3)10-18(24)28-2/h4-11,21H,1-3H3/b17-10+,22-12?. The first-order valence-corrected chi connectivity index (χ1v) is 8.40. The highest BCUT2D eigenvalue weighted by Gasteiger charge is 2.17. The number of nitro benzene ring substituents is 1. The van der Waals surface area contributed by atoms with Crippen molar-refractivity contribution in [2.45, 2.75) is 6.92 Å². The zero-order valence-corrected chi connectivity index (χ0v) is 16.3. The zero-order chi connectivity index (χ0) is 22.1. The number of esters is 2. The van der Waals surface area contributed by atoms with Crippen molar-refractivity contribution in [3.8, 4) is 5.75 Å². The normalized spacial score (nSPS) is 11.4. The molecule has 1 aromatic carbocycles. The van der Waals surface area contributed by atoms with Gasteiger partial charge in [0.25, 0.3) is 5.69 Å². The third-order valence-electron chi connectivity index (χ3n) is 3.62. The van der Waals surface area contributed by atoms with E-state index in [1.165, 1.54) is 6.07 Å². The maximum absolute atomic E-state index is 11.9. The van der Waals surface area contributed by atoms with Crippen LogP contribution in [0.2, 0.25) is 0 Å². The number of benzene rings is 1. The van der Waals surface area contributed by atoms with Gasteiger partial charge < -0.3 is 19.6 Å². The number of nitro groups is 1.